The molecule has 0 amide bonds. The summed E-state index contributed by atoms with van der Waals surface area (Å²) in [6.45, 7) is 2.58. The number of aromatic hydroxyl groups is 1. The second kappa shape index (κ2) is 6.18. The monoisotopic (exact) mass is 295 g/mol. The number of nitrogens with one attached hydrogen (secondary N) is 1. The van der Waals surface area contributed by atoms with Crippen LogP contribution in [0.25, 0.3) is 0 Å². The van der Waals surface area contributed by atoms with Gasteiger partial charge in [-0.2, -0.15) is 0 Å². The van der Waals surface area contributed by atoms with Crippen LogP contribution in [0.1, 0.15) is 18.1 Å². The molecule has 4 heteroatoms. The molecular weight excluding hydrogens is 281 g/mol. The molecule has 0 fully saturated rings. The second-order valence-corrected chi connectivity index (χ2v) is 5.10. The fourth-order valence-electron chi connectivity index (χ4n) is 1.95. The molecule has 0 radical (unpaired) electrons. The molecule has 0 atom stereocenters. The van der Waals surface area contributed by atoms with Gasteiger partial charge in [0.25, 0.3) is 0 Å². The molecule has 0 unspecified atom stereocenters. The van der Waals surface area contributed by atoms with Crippen LogP contribution < -0.4 is 5.32 Å². The van der Waals surface area contributed by atoms with Gasteiger partial charge in [-0.05, 0) is 30.2 Å². The zero-order chi connectivity index (χ0) is 13.8. The van der Waals surface area contributed by atoms with Crippen LogP contribution in [0.2, 0.25) is 10.0 Å². The Balaban J connectivity index is 2.19. The minimum absolute atomic E-state index is 0.0764. The third kappa shape index (κ3) is 3.34. The lowest BCUT2D eigenvalue weighted by Crippen LogP contribution is -2.02. The van der Waals surface area contributed by atoms with Crippen LogP contribution in [0.4, 0.5) is 5.69 Å². The molecule has 0 aliphatic heterocycles. The van der Waals surface area contributed by atoms with Gasteiger partial charge >= 0.3 is 0 Å². The number of aryl methyl sites for hydroxylation is 1. The van der Waals surface area contributed by atoms with Gasteiger partial charge in [0.05, 0.1) is 5.02 Å². The van der Waals surface area contributed by atoms with Gasteiger partial charge in [-0.1, -0.05) is 48.3 Å². The lowest BCUT2D eigenvalue weighted by Gasteiger charge is -2.12. The molecule has 0 heterocycles. The van der Waals surface area contributed by atoms with Gasteiger partial charge in [-0.25, -0.2) is 0 Å². The van der Waals surface area contributed by atoms with E-state index >= 15 is 0 Å². The van der Waals surface area contributed by atoms with Crippen molar-refractivity contribution in [3.05, 3.63) is 57.6 Å². The van der Waals surface area contributed by atoms with Gasteiger partial charge in [-0.15, -0.1) is 0 Å². The lowest BCUT2D eigenvalue weighted by molar-refractivity contribution is 0.469. The summed E-state index contributed by atoms with van der Waals surface area (Å²) < 4.78 is 0. The predicted octanol–water partition coefficient (Wildman–Crippen LogP) is 4.87. The predicted molar refractivity (Wildman–Crippen MR) is 81.3 cm³/mol. The summed E-state index contributed by atoms with van der Waals surface area (Å²) >= 11 is 11.8. The average molecular weight is 296 g/mol. The second-order valence-electron chi connectivity index (χ2n) is 4.26. The zero-order valence-corrected chi connectivity index (χ0v) is 12.1. The average Bonchev–Trinajstić information content (AvgIpc) is 2.41. The number of phenols is 1. The Morgan fingerprint density at radius 2 is 1.84 bits per heavy atom. The number of hydrogen-bond acceptors (Lipinski definition) is 2. The Bertz CT molecular complexity index is 584. The first-order valence-electron chi connectivity index (χ1n) is 6.10. The maximum absolute atomic E-state index is 9.90. The van der Waals surface area contributed by atoms with Gasteiger partial charge in [0.1, 0.15) is 5.75 Å². The van der Waals surface area contributed by atoms with E-state index in [1.54, 1.807) is 6.07 Å². The maximum atomic E-state index is 9.90. The highest BCUT2D eigenvalue weighted by Gasteiger charge is 2.08. The van der Waals surface area contributed by atoms with Crippen molar-refractivity contribution < 1.29 is 5.11 Å². The molecule has 0 saturated heterocycles. The number of phenolic OH excluding ortho intramolecular Hbond substituents is 1. The molecule has 2 N–H and O–H groups in total. The van der Waals surface area contributed by atoms with E-state index in [0.717, 1.165) is 12.1 Å². The number of anilines is 1. The van der Waals surface area contributed by atoms with Gasteiger partial charge in [0.15, 0.2) is 0 Å². The van der Waals surface area contributed by atoms with Crippen molar-refractivity contribution in [2.75, 3.05) is 5.32 Å². The molecule has 100 valence electrons. The van der Waals surface area contributed by atoms with Gasteiger partial charge in [0, 0.05) is 22.8 Å². The minimum atomic E-state index is 0.0764. The number of benzene rings is 2. The normalized spacial score (nSPS) is 10.5. The van der Waals surface area contributed by atoms with Crippen LogP contribution in [0.5, 0.6) is 5.75 Å². The highest BCUT2D eigenvalue weighted by Crippen LogP contribution is 2.31. The van der Waals surface area contributed by atoms with Crippen molar-refractivity contribution in [3.8, 4) is 5.75 Å². The Kier molecular flexibility index (Phi) is 4.56. The van der Waals surface area contributed by atoms with Gasteiger partial charge < -0.3 is 10.4 Å². The standard InChI is InChI=1S/C15H15Cl2NO/c1-2-10-5-3-4-6-14(10)18-9-11-7-12(16)8-13(17)15(11)19/h3-8,18-19H,2,9H2,1H3. The smallest absolute Gasteiger partial charge is 0.139 e. The summed E-state index contributed by atoms with van der Waals surface area (Å²) in [7, 11) is 0. The van der Waals surface area contributed by atoms with Crippen molar-refractivity contribution in [1.82, 2.24) is 0 Å². The molecule has 2 rings (SSSR count). The first-order valence-corrected chi connectivity index (χ1v) is 6.86. The number of hydrogen-bond donors (Lipinski definition) is 2. The van der Waals surface area contributed by atoms with Crippen molar-refractivity contribution >= 4 is 28.9 Å². The van der Waals surface area contributed by atoms with E-state index in [9.17, 15) is 5.11 Å². The zero-order valence-electron chi connectivity index (χ0n) is 10.6. The summed E-state index contributed by atoms with van der Waals surface area (Å²) in [6, 6.07) is 11.3. The van der Waals surface area contributed by atoms with Gasteiger partial charge in [0.2, 0.25) is 0 Å². The third-order valence-electron chi connectivity index (χ3n) is 2.97. The molecule has 0 spiro atoms. The highest BCUT2D eigenvalue weighted by molar-refractivity contribution is 6.35. The van der Waals surface area contributed by atoms with Crippen LogP contribution >= 0.6 is 23.2 Å². The number of halogens is 2. The Hall–Kier alpha value is -1.38. The van der Waals surface area contributed by atoms with Crippen LogP contribution in [0.3, 0.4) is 0 Å². The fourth-order valence-corrected chi connectivity index (χ4v) is 2.48. The quantitative estimate of drug-likeness (QED) is 0.843. The molecule has 0 bridgehead atoms. The van der Waals surface area contributed by atoms with Crippen molar-refractivity contribution in [1.29, 1.82) is 0 Å². The summed E-state index contributed by atoms with van der Waals surface area (Å²) in [6.07, 6.45) is 0.950. The first kappa shape index (κ1) is 14.0. The van der Waals surface area contributed by atoms with Crippen LogP contribution in [0.15, 0.2) is 36.4 Å². The van der Waals surface area contributed by atoms with Crippen LogP contribution in [-0.2, 0) is 13.0 Å². The van der Waals surface area contributed by atoms with E-state index in [1.165, 1.54) is 11.6 Å². The first-order chi connectivity index (χ1) is 9.11. The van der Waals surface area contributed by atoms with Crippen LogP contribution in [-0.4, -0.2) is 5.11 Å². The van der Waals surface area contributed by atoms with E-state index in [2.05, 4.69) is 18.3 Å². The van der Waals surface area contributed by atoms with Crippen molar-refractivity contribution in [2.24, 2.45) is 0 Å². The third-order valence-corrected chi connectivity index (χ3v) is 3.48. The molecule has 0 saturated carbocycles. The summed E-state index contributed by atoms with van der Waals surface area (Å²) in [4.78, 5) is 0. The Morgan fingerprint density at radius 1 is 1.11 bits per heavy atom. The molecular formula is C15H15Cl2NO. The Morgan fingerprint density at radius 3 is 2.58 bits per heavy atom. The largest absolute Gasteiger partial charge is 0.506 e. The van der Waals surface area contributed by atoms with Crippen molar-refractivity contribution in [3.63, 3.8) is 0 Å². The lowest BCUT2D eigenvalue weighted by atomic mass is 10.1. The molecule has 2 nitrogen and oxygen atoms in total. The Labute approximate surface area is 123 Å². The van der Waals surface area contributed by atoms with Crippen molar-refractivity contribution in [2.45, 2.75) is 19.9 Å². The SMILES string of the molecule is CCc1ccccc1NCc1cc(Cl)cc(Cl)c1O. The van der Waals surface area contributed by atoms with E-state index in [1.807, 2.05) is 18.2 Å². The molecule has 0 aliphatic rings. The molecule has 0 aromatic heterocycles. The summed E-state index contributed by atoms with van der Waals surface area (Å²) in [5.74, 6) is 0.0764. The topological polar surface area (TPSA) is 32.3 Å². The fraction of sp³-hybridized carbons (Fsp3) is 0.200. The molecule has 2 aromatic carbocycles. The van der Waals surface area contributed by atoms with Crippen LogP contribution in [0, 0.1) is 0 Å². The molecule has 2 aromatic rings. The highest BCUT2D eigenvalue weighted by atomic mass is 35.5. The number of rotatable bonds is 4. The van der Waals surface area contributed by atoms with E-state index < -0.39 is 0 Å². The minimum Gasteiger partial charge on any atom is -0.506 e. The molecule has 19 heavy (non-hydrogen) atoms. The van der Waals surface area contributed by atoms with E-state index in [0.29, 0.717) is 17.1 Å². The number of para-hydroxylation sites is 1. The van der Waals surface area contributed by atoms with Gasteiger partial charge in [-0.3, -0.25) is 0 Å². The summed E-state index contributed by atoms with van der Waals surface area (Å²) in [5.41, 5.74) is 2.97. The molecule has 0 aliphatic carbocycles. The van der Waals surface area contributed by atoms with E-state index in [4.69, 9.17) is 23.2 Å². The maximum Gasteiger partial charge on any atom is 0.139 e. The summed E-state index contributed by atoms with van der Waals surface area (Å²) in [5, 5.41) is 14.0. The van der Waals surface area contributed by atoms with E-state index in [-0.39, 0.29) is 10.8 Å².